The largest absolute Gasteiger partial charge is 0.356 e. The smallest absolute Gasteiger partial charge is 0.219 e. The number of hydrogen-bond acceptors (Lipinski definition) is 2. The van der Waals surface area contributed by atoms with Gasteiger partial charge in [0.2, 0.25) is 11.8 Å². The molecule has 2 N–H and O–H groups in total. The summed E-state index contributed by atoms with van der Waals surface area (Å²) in [5.74, 6) is 0.337. The SMILES string of the molecule is O=C(CCCCC[n+]1ccccc1)NCCCCCCNC(=O)CCCCC[n+]1ccccc1. The summed E-state index contributed by atoms with van der Waals surface area (Å²) in [6.07, 6.45) is 20.0. The van der Waals surface area contributed by atoms with Crippen LogP contribution in [0.3, 0.4) is 0 Å². The molecule has 0 saturated heterocycles. The Labute approximate surface area is 205 Å². The molecule has 2 aromatic rings. The average Bonchev–Trinajstić information content (AvgIpc) is 2.86. The predicted molar refractivity (Wildman–Crippen MR) is 135 cm³/mol. The second-order valence-corrected chi connectivity index (χ2v) is 8.96. The maximum Gasteiger partial charge on any atom is 0.219 e. The zero-order valence-corrected chi connectivity index (χ0v) is 20.8. The molecule has 0 fully saturated rings. The van der Waals surface area contributed by atoms with Crippen LogP contribution in [0.5, 0.6) is 0 Å². The summed E-state index contributed by atoms with van der Waals surface area (Å²) in [6, 6.07) is 12.2. The van der Waals surface area contributed by atoms with E-state index in [-0.39, 0.29) is 11.8 Å². The maximum absolute atomic E-state index is 11.9. The number of amides is 2. The maximum atomic E-state index is 11.9. The summed E-state index contributed by atoms with van der Waals surface area (Å²) in [5.41, 5.74) is 0. The van der Waals surface area contributed by atoms with Gasteiger partial charge in [0.15, 0.2) is 24.8 Å². The van der Waals surface area contributed by atoms with Crippen LogP contribution in [0.4, 0.5) is 0 Å². The normalized spacial score (nSPS) is 10.7. The molecule has 0 aromatic carbocycles. The number of pyridine rings is 2. The Morgan fingerprint density at radius 2 is 0.853 bits per heavy atom. The Kier molecular flexibility index (Phi) is 15.1. The van der Waals surface area contributed by atoms with Gasteiger partial charge < -0.3 is 10.6 Å². The van der Waals surface area contributed by atoms with Crippen molar-refractivity contribution in [2.24, 2.45) is 0 Å². The molecule has 186 valence electrons. The fraction of sp³-hybridized carbons (Fsp3) is 0.571. The van der Waals surface area contributed by atoms with Crippen molar-refractivity contribution < 1.29 is 18.7 Å². The first kappa shape index (κ1) is 27.5. The minimum atomic E-state index is 0.169. The van der Waals surface area contributed by atoms with Gasteiger partial charge in [0.1, 0.15) is 13.1 Å². The number of rotatable bonds is 19. The topological polar surface area (TPSA) is 66.0 Å². The Bertz CT molecular complexity index is 716. The fourth-order valence-corrected chi connectivity index (χ4v) is 3.92. The van der Waals surface area contributed by atoms with E-state index in [1.165, 1.54) is 0 Å². The van der Waals surface area contributed by atoms with Crippen molar-refractivity contribution in [3.63, 3.8) is 0 Å². The summed E-state index contributed by atoms with van der Waals surface area (Å²) >= 11 is 0. The zero-order valence-electron chi connectivity index (χ0n) is 20.8. The van der Waals surface area contributed by atoms with E-state index >= 15 is 0 Å². The van der Waals surface area contributed by atoms with Gasteiger partial charge in [-0.2, -0.15) is 0 Å². The van der Waals surface area contributed by atoms with E-state index in [0.717, 1.165) is 90.4 Å². The molecule has 0 atom stereocenters. The molecule has 0 radical (unpaired) electrons. The molecule has 0 aliphatic carbocycles. The van der Waals surface area contributed by atoms with Gasteiger partial charge in [-0.15, -0.1) is 0 Å². The lowest BCUT2D eigenvalue weighted by Crippen LogP contribution is -2.32. The van der Waals surface area contributed by atoms with Gasteiger partial charge in [-0.05, 0) is 38.5 Å². The van der Waals surface area contributed by atoms with Crippen molar-refractivity contribution in [1.29, 1.82) is 0 Å². The Balaban J connectivity index is 1.30. The third-order valence-electron chi connectivity index (χ3n) is 5.94. The average molecular weight is 469 g/mol. The van der Waals surface area contributed by atoms with Crippen molar-refractivity contribution in [2.75, 3.05) is 13.1 Å². The molecule has 0 unspecified atom stereocenters. The highest BCUT2D eigenvalue weighted by atomic mass is 16.2. The lowest BCUT2D eigenvalue weighted by atomic mass is 10.1. The molecule has 34 heavy (non-hydrogen) atoms. The van der Waals surface area contributed by atoms with Crippen molar-refractivity contribution in [3.05, 3.63) is 61.2 Å². The summed E-state index contributed by atoms with van der Waals surface area (Å²) in [6.45, 7) is 3.53. The Morgan fingerprint density at radius 3 is 1.26 bits per heavy atom. The van der Waals surface area contributed by atoms with Gasteiger partial charge >= 0.3 is 0 Å². The monoisotopic (exact) mass is 468 g/mol. The van der Waals surface area contributed by atoms with Crippen LogP contribution in [0.15, 0.2) is 61.2 Å². The van der Waals surface area contributed by atoms with Crippen LogP contribution in [0.25, 0.3) is 0 Å². The van der Waals surface area contributed by atoms with E-state index in [9.17, 15) is 9.59 Å². The molecule has 2 amide bonds. The van der Waals surface area contributed by atoms with Crippen molar-refractivity contribution in [3.8, 4) is 0 Å². The third kappa shape index (κ3) is 14.4. The number of carbonyl (C=O) groups is 2. The minimum Gasteiger partial charge on any atom is -0.356 e. The van der Waals surface area contributed by atoms with Crippen LogP contribution in [0.2, 0.25) is 0 Å². The van der Waals surface area contributed by atoms with Gasteiger partial charge in [-0.3, -0.25) is 9.59 Å². The third-order valence-corrected chi connectivity index (χ3v) is 5.94. The minimum absolute atomic E-state index is 0.169. The van der Waals surface area contributed by atoms with Crippen LogP contribution < -0.4 is 19.8 Å². The molecule has 6 nitrogen and oxygen atoms in total. The molecule has 0 spiro atoms. The summed E-state index contributed by atoms with van der Waals surface area (Å²) < 4.78 is 4.36. The van der Waals surface area contributed by atoms with E-state index in [4.69, 9.17) is 0 Å². The van der Waals surface area contributed by atoms with Crippen LogP contribution in [0.1, 0.15) is 77.0 Å². The number of hydrogen-bond donors (Lipinski definition) is 2. The molecular formula is C28H44N4O2+2. The predicted octanol–water partition coefficient (Wildman–Crippen LogP) is 3.88. The molecule has 2 aromatic heterocycles. The summed E-state index contributed by atoms with van der Waals surface area (Å²) in [4.78, 5) is 23.8. The van der Waals surface area contributed by atoms with Gasteiger partial charge in [-0.25, -0.2) is 9.13 Å². The molecule has 0 aliphatic heterocycles. The van der Waals surface area contributed by atoms with Gasteiger partial charge in [0.05, 0.1) is 0 Å². The Morgan fingerprint density at radius 1 is 0.471 bits per heavy atom. The first-order chi connectivity index (χ1) is 16.7. The quantitative estimate of drug-likeness (QED) is 0.243. The second kappa shape index (κ2) is 18.6. The molecule has 6 heteroatoms. The first-order valence-corrected chi connectivity index (χ1v) is 13.2. The molecule has 2 heterocycles. The molecule has 0 aliphatic rings. The van der Waals surface area contributed by atoms with Gasteiger partial charge in [0.25, 0.3) is 0 Å². The fourth-order valence-electron chi connectivity index (χ4n) is 3.92. The highest BCUT2D eigenvalue weighted by Gasteiger charge is 2.04. The highest BCUT2D eigenvalue weighted by molar-refractivity contribution is 5.76. The van der Waals surface area contributed by atoms with E-state index in [2.05, 4.69) is 44.6 Å². The summed E-state index contributed by atoms with van der Waals surface area (Å²) in [5, 5.41) is 6.06. The van der Waals surface area contributed by atoms with Crippen LogP contribution >= 0.6 is 0 Å². The highest BCUT2D eigenvalue weighted by Crippen LogP contribution is 2.02. The number of carbonyl (C=O) groups excluding carboxylic acids is 2. The number of aromatic nitrogens is 2. The van der Waals surface area contributed by atoms with Gasteiger partial charge in [-0.1, -0.05) is 25.0 Å². The number of nitrogens with zero attached hydrogens (tertiary/aromatic N) is 2. The van der Waals surface area contributed by atoms with E-state index in [1.54, 1.807) is 0 Å². The van der Waals surface area contributed by atoms with Crippen LogP contribution in [-0.2, 0) is 22.7 Å². The van der Waals surface area contributed by atoms with Crippen molar-refractivity contribution in [2.45, 2.75) is 90.1 Å². The van der Waals surface area contributed by atoms with Crippen LogP contribution in [0, 0.1) is 0 Å². The van der Waals surface area contributed by atoms with Crippen molar-refractivity contribution >= 4 is 11.8 Å². The first-order valence-electron chi connectivity index (χ1n) is 13.2. The number of aryl methyl sites for hydroxylation is 2. The number of unbranched alkanes of at least 4 members (excludes halogenated alkanes) is 7. The standard InChI is InChI=1S/C28H42N4O2/c33-27(17-7-3-11-21-31-23-13-5-14-24-31)29-19-9-1-2-10-20-30-28(34)18-8-4-12-22-32-25-15-6-16-26-32/h5-6,13-16,23-26H,1-4,7-12,17-22H2/p+2. The lowest BCUT2D eigenvalue weighted by molar-refractivity contribution is -0.697. The van der Waals surface area contributed by atoms with Crippen LogP contribution in [-0.4, -0.2) is 24.9 Å². The van der Waals surface area contributed by atoms with E-state index in [1.807, 2.05) is 36.4 Å². The molecule has 0 bridgehead atoms. The van der Waals surface area contributed by atoms with Crippen molar-refractivity contribution in [1.82, 2.24) is 10.6 Å². The summed E-state index contributed by atoms with van der Waals surface area (Å²) in [7, 11) is 0. The van der Waals surface area contributed by atoms with E-state index in [0.29, 0.717) is 12.8 Å². The lowest BCUT2D eigenvalue weighted by Gasteiger charge is -2.06. The molecule has 2 rings (SSSR count). The zero-order chi connectivity index (χ0) is 24.1. The molecule has 0 saturated carbocycles. The van der Waals surface area contributed by atoms with Gasteiger partial charge in [0, 0.05) is 63.0 Å². The Hall–Kier alpha value is -2.76. The number of nitrogens with one attached hydrogen (secondary N) is 2. The second-order valence-electron chi connectivity index (χ2n) is 8.96. The van der Waals surface area contributed by atoms with E-state index < -0.39 is 0 Å². The molecular weight excluding hydrogens is 424 g/mol.